The molecule has 1 aliphatic heterocycles. The van der Waals surface area contributed by atoms with Crippen LogP contribution in [0.1, 0.15) is 6.42 Å². The maximum Gasteiger partial charge on any atom is 0.406 e. The molecule has 1 aromatic rings. The molecule has 4 nitrogen and oxygen atoms in total. The number of hydrogen-bond acceptors (Lipinski definition) is 3. The molecule has 0 radical (unpaired) electrons. The Kier molecular flexibility index (Phi) is 5.33. The highest BCUT2D eigenvalue weighted by Gasteiger charge is 2.39. The van der Waals surface area contributed by atoms with E-state index >= 15 is 0 Å². The third kappa shape index (κ3) is 4.94. The van der Waals surface area contributed by atoms with Crippen LogP contribution in [0.4, 0.5) is 13.2 Å². The molecule has 22 heavy (non-hydrogen) atoms. The van der Waals surface area contributed by atoms with Crippen LogP contribution in [0.25, 0.3) is 0 Å². The number of carbonyl (C=O) groups is 2. The van der Waals surface area contributed by atoms with E-state index in [1.54, 1.807) is 0 Å². The number of rotatable bonds is 5. The number of benzene rings is 1. The van der Waals surface area contributed by atoms with Gasteiger partial charge in [0.25, 0.3) is 0 Å². The summed E-state index contributed by atoms with van der Waals surface area (Å²) in [6.45, 7) is -1.26. The zero-order valence-electron chi connectivity index (χ0n) is 11.6. The zero-order valence-corrected chi connectivity index (χ0v) is 12.4. The van der Waals surface area contributed by atoms with E-state index < -0.39 is 24.7 Å². The first-order valence-electron chi connectivity index (χ1n) is 6.68. The lowest BCUT2D eigenvalue weighted by Gasteiger charge is -2.18. The third-order valence-corrected chi connectivity index (χ3v) is 4.13. The number of thioether (sulfide) groups is 1. The molecule has 8 heteroatoms. The molecule has 2 rings (SSSR count). The van der Waals surface area contributed by atoms with Gasteiger partial charge in [0.1, 0.15) is 12.6 Å². The Hall–Kier alpha value is -1.70. The number of nitrogens with one attached hydrogen (secondary N) is 1. The van der Waals surface area contributed by atoms with Gasteiger partial charge in [-0.1, -0.05) is 18.2 Å². The van der Waals surface area contributed by atoms with Crippen molar-refractivity contribution in [3.8, 4) is 0 Å². The molecule has 1 aliphatic rings. The van der Waals surface area contributed by atoms with Gasteiger partial charge in [0, 0.05) is 11.4 Å². The zero-order chi connectivity index (χ0) is 16.2. The van der Waals surface area contributed by atoms with E-state index in [4.69, 9.17) is 0 Å². The van der Waals surface area contributed by atoms with E-state index in [-0.39, 0.29) is 24.6 Å². The molecule has 1 unspecified atom stereocenters. The molecule has 0 bridgehead atoms. The molecule has 1 saturated heterocycles. The minimum Gasteiger partial charge on any atom is -0.344 e. The normalized spacial score (nSPS) is 18.6. The van der Waals surface area contributed by atoms with Crippen LogP contribution in [-0.2, 0) is 9.59 Å². The van der Waals surface area contributed by atoms with E-state index in [2.05, 4.69) is 5.32 Å². The van der Waals surface area contributed by atoms with Gasteiger partial charge in [-0.15, -0.1) is 11.8 Å². The molecule has 1 aromatic carbocycles. The third-order valence-electron chi connectivity index (χ3n) is 3.12. The molecule has 2 amide bonds. The summed E-state index contributed by atoms with van der Waals surface area (Å²) in [6.07, 6.45) is -4.21. The number of likely N-dealkylation sites (tertiary alicyclic amines) is 1. The Bertz CT molecular complexity index is 537. The molecule has 0 spiro atoms. The van der Waals surface area contributed by atoms with Gasteiger partial charge in [-0.3, -0.25) is 9.59 Å². The molecule has 1 heterocycles. The fourth-order valence-electron chi connectivity index (χ4n) is 2.15. The van der Waals surface area contributed by atoms with Crippen LogP contribution >= 0.6 is 11.8 Å². The molecular formula is C14H15F3N2O2S. The summed E-state index contributed by atoms with van der Waals surface area (Å²) in [5.41, 5.74) is 0. The average molecular weight is 332 g/mol. The highest BCUT2D eigenvalue weighted by molar-refractivity contribution is 8.00. The SMILES string of the molecule is O=C(CSc1ccccc1)NC1CCN(CC(F)(F)F)C1=O. The second-order valence-electron chi connectivity index (χ2n) is 4.89. The van der Waals surface area contributed by atoms with Crippen molar-refractivity contribution in [3.63, 3.8) is 0 Å². The molecule has 0 saturated carbocycles. The van der Waals surface area contributed by atoms with Crippen LogP contribution in [0.3, 0.4) is 0 Å². The molecule has 1 fully saturated rings. The van der Waals surface area contributed by atoms with E-state index in [0.717, 1.165) is 9.80 Å². The molecule has 1 N–H and O–H groups in total. The van der Waals surface area contributed by atoms with Crippen LogP contribution in [0.5, 0.6) is 0 Å². The Balaban J connectivity index is 1.79. The number of alkyl halides is 3. The van der Waals surface area contributed by atoms with Gasteiger partial charge >= 0.3 is 6.18 Å². The molecule has 0 aliphatic carbocycles. The maximum atomic E-state index is 12.3. The van der Waals surface area contributed by atoms with E-state index in [0.29, 0.717) is 0 Å². The monoisotopic (exact) mass is 332 g/mol. The van der Waals surface area contributed by atoms with Gasteiger partial charge in [-0.25, -0.2) is 0 Å². The Morgan fingerprint density at radius 1 is 1.32 bits per heavy atom. The number of amides is 2. The quantitative estimate of drug-likeness (QED) is 0.840. The smallest absolute Gasteiger partial charge is 0.344 e. The standard InChI is InChI=1S/C14H15F3N2O2S/c15-14(16,17)9-19-7-6-11(13(19)21)18-12(20)8-22-10-4-2-1-3-5-10/h1-5,11H,6-9H2,(H,18,20). The summed E-state index contributed by atoms with van der Waals surface area (Å²) in [5.74, 6) is -0.913. The van der Waals surface area contributed by atoms with E-state index in [9.17, 15) is 22.8 Å². The van der Waals surface area contributed by atoms with Gasteiger partial charge < -0.3 is 10.2 Å². The Labute approximate surface area is 130 Å². The van der Waals surface area contributed by atoms with Gasteiger partial charge in [0.05, 0.1) is 5.75 Å². The lowest BCUT2D eigenvalue weighted by molar-refractivity contribution is -0.158. The first-order chi connectivity index (χ1) is 10.3. The summed E-state index contributed by atoms with van der Waals surface area (Å²) < 4.78 is 36.9. The van der Waals surface area contributed by atoms with Crippen molar-refractivity contribution >= 4 is 23.6 Å². The van der Waals surface area contributed by atoms with Crippen molar-refractivity contribution in [1.82, 2.24) is 10.2 Å². The first kappa shape index (κ1) is 16.7. The summed E-state index contributed by atoms with van der Waals surface area (Å²) >= 11 is 1.31. The van der Waals surface area contributed by atoms with Crippen LogP contribution in [-0.4, -0.2) is 47.8 Å². The predicted molar refractivity (Wildman–Crippen MR) is 76.3 cm³/mol. The van der Waals surface area contributed by atoms with Gasteiger partial charge in [-0.2, -0.15) is 13.2 Å². The van der Waals surface area contributed by atoms with Crippen molar-refractivity contribution in [2.75, 3.05) is 18.8 Å². The Morgan fingerprint density at radius 2 is 2.00 bits per heavy atom. The highest BCUT2D eigenvalue weighted by atomic mass is 32.2. The van der Waals surface area contributed by atoms with Gasteiger partial charge in [0.2, 0.25) is 11.8 Å². The lowest BCUT2D eigenvalue weighted by atomic mass is 10.2. The van der Waals surface area contributed by atoms with E-state index in [1.165, 1.54) is 11.8 Å². The first-order valence-corrected chi connectivity index (χ1v) is 7.66. The van der Waals surface area contributed by atoms with Crippen molar-refractivity contribution in [2.24, 2.45) is 0 Å². The van der Waals surface area contributed by atoms with Crippen molar-refractivity contribution < 1.29 is 22.8 Å². The van der Waals surface area contributed by atoms with E-state index in [1.807, 2.05) is 30.3 Å². The summed E-state index contributed by atoms with van der Waals surface area (Å²) in [7, 11) is 0. The summed E-state index contributed by atoms with van der Waals surface area (Å²) in [4.78, 5) is 25.2. The number of carbonyl (C=O) groups excluding carboxylic acids is 2. The van der Waals surface area contributed by atoms with Crippen molar-refractivity contribution in [1.29, 1.82) is 0 Å². The minimum atomic E-state index is -4.42. The van der Waals surface area contributed by atoms with Crippen LogP contribution < -0.4 is 5.32 Å². The lowest BCUT2D eigenvalue weighted by Crippen LogP contribution is -2.44. The molecule has 1 atom stereocenters. The van der Waals surface area contributed by atoms with Gasteiger partial charge in [0.15, 0.2) is 0 Å². The van der Waals surface area contributed by atoms with Crippen LogP contribution in [0, 0.1) is 0 Å². The summed E-state index contributed by atoms with van der Waals surface area (Å²) in [5, 5.41) is 2.50. The van der Waals surface area contributed by atoms with Crippen molar-refractivity contribution in [3.05, 3.63) is 30.3 Å². The maximum absolute atomic E-state index is 12.3. The number of nitrogens with zero attached hydrogens (tertiary/aromatic N) is 1. The largest absolute Gasteiger partial charge is 0.406 e. The topological polar surface area (TPSA) is 49.4 Å². The molecular weight excluding hydrogens is 317 g/mol. The number of halogens is 3. The minimum absolute atomic E-state index is 0.00905. The Morgan fingerprint density at radius 3 is 2.64 bits per heavy atom. The summed E-state index contributed by atoms with van der Waals surface area (Å²) in [6, 6.07) is 8.39. The number of hydrogen-bond donors (Lipinski definition) is 1. The molecule has 120 valence electrons. The fraction of sp³-hybridized carbons (Fsp3) is 0.429. The highest BCUT2D eigenvalue weighted by Crippen LogP contribution is 2.21. The fourth-order valence-corrected chi connectivity index (χ4v) is 2.88. The molecule has 0 aromatic heterocycles. The second kappa shape index (κ2) is 7.04. The van der Waals surface area contributed by atoms with Crippen LogP contribution in [0.15, 0.2) is 35.2 Å². The second-order valence-corrected chi connectivity index (χ2v) is 5.93. The van der Waals surface area contributed by atoms with Gasteiger partial charge in [-0.05, 0) is 18.6 Å². The average Bonchev–Trinajstić information content (AvgIpc) is 2.77. The predicted octanol–water partition coefficient (Wildman–Crippen LogP) is 2.06. The van der Waals surface area contributed by atoms with Crippen LogP contribution in [0.2, 0.25) is 0 Å². The van der Waals surface area contributed by atoms with Crippen molar-refractivity contribution in [2.45, 2.75) is 23.5 Å².